The predicted octanol–water partition coefficient (Wildman–Crippen LogP) is 2.41. The van der Waals surface area contributed by atoms with E-state index in [1.165, 1.54) is 4.90 Å². The molecule has 0 bridgehead atoms. The maximum atomic E-state index is 12.7. The van der Waals surface area contributed by atoms with Crippen LogP contribution >= 0.6 is 0 Å². The summed E-state index contributed by atoms with van der Waals surface area (Å²) in [5.41, 5.74) is 2.60. The Labute approximate surface area is 166 Å². The second kappa shape index (κ2) is 10.1. The van der Waals surface area contributed by atoms with E-state index in [0.717, 1.165) is 55.5 Å². The van der Waals surface area contributed by atoms with Crippen LogP contribution in [0.4, 0.5) is 0 Å². The van der Waals surface area contributed by atoms with Gasteiger partial charge < -0.3 is 19.1 Å². The number of para-hydroxylation sites is 1. The number of quaternary nitrogens is 1. The van der Waals surface area contributed by atoms with Crippen molar-refractivity contribution in [1.29, 1.82) is 0 Å². The highest BCUT2D eigenvalue weighted by Crippen LogP contribution is 2.22. The first kappa shape index (κ1) is 20.1. The zero-order valence-corrected chi connectivity index (χ0v) is 16.6. The van der Waals surface area contributed by atoms with Gasteiger partial charge in [-0.15, -0.1) is 0 Å². The number of benzene rings is 2. The molecule has 0 spiro atoms. The molecule has 3 rings (SSSR count). The number of hydrogen-bond acceptors (Lipinski definition) is 4. The molecule has 0 saturated carbocycles. The molecule has 1 fully saturated rings. The first-order valence-electron chi connectivity index (χ1n) is 9.73. The van der Waals surface area contributed by atoms with Crippen LogP contribution in [0.1, 0.15) is 28.4 Å². The smallest absolute Gasteiger partial charge is 0.185 e. The lowest BCUT2D eigenvalue weighted by atomic mass is 10.0. The van der Waals surface area contributed by atoms with E-state index < -0.39 is 0 Å². The van der Waals surface area contributed by atoms with E-state index in [1.54, 1.807) is 13.2 Å². The quantitative estimate of drug-likeness (QED) is 0.563. The zero-order chi connectivity index (χ0) is 19.8. The van der Waals surface area contributed by atoms with E-state index in [9.17, 15) is 4.79 Å². The van der Waals surface area contributed by atoms with Gasteiger partial charge in [0.1, 0.15) is 31.1 Å². The molecule has 5 heteroatoms. The molecule has 0 atom stereocenters. The first-order chi connectivity index (χ1) is 13.7. The number of allylic oxidation sites excluding steroid dienone is 1. The van der Waals surface area contributed by atoms with Gasteiger partial charge in [-0.2, -0.15) is 0 Å². The van der Waals surface area contributed by atoms with Gasteiger partial charge in [0.2, 0.25) is 0 Å². The van der Waals surface area contributed by atoms with Crippen molar-refractivity contribution in [3.63, 3.8) is 0 Å². The minimum atomic E-state index is -0.0350. The van der Waals surface area contributed by atoms with Gasteiger partial charge in [-0.25, -0.2) is 0 Å². The maximum absolute atomic E-state index is 12.7. The Morgan fingerprint density at radius 2 is 1.93 bits per heavy atom. The highest BCUT2D eigenvalue weighted by atomic mass is 16.5. The van der Waals surface area contributed by atoms with Gasteiger partial charge in [-0.1, -0.05) is 18.2 Å². The van der Waals surface area contributed by atoms with Crippen molar-refractivity contribution in [2.45, 2.75) is 13.5 Å². The van der Waals surface area contributed by atoms with Crippen LogP contribution in [-0.4, -0.2) is 45.8 Å². The number of carbonyl (C=O) groups excluding carboxylic acids is 1. The molecular weight excluding hydrogens is 354 g/mol. The van der Waals surface area contributed by atoms with Gasteiger partial charge in [-0.3, -0.25) is 4.79 Å². The predicted molar refractivity (Wildman–Crippen MR) is 109 cm³/mol. The molecule has 1 aliphatic rings. The molecule has 0 aliphatic carbocycles. The van der Waals surface area contributed by atoms with E-state index in [4.69, 9.17) is 14.2 Å². The summed E-state index contributed by atoms with van der Waals surface area (Å²) in [7, 11) is 1.67. The van der Waals surface area contributed by atoms with Gasteiger partial charge in [0.25, 0.3) is 0 Å². The van der Waals surface area contributed by atoms with E-state index in [-0.39, 0.29) is 5.78 Å². The Hall–Kier alpha value is -2.63. The van der Waals surface area contributed by atoms with E-state index in [1.807, 2.05) is 55.5 Å². The van der Waals surface area contributed by atoms with Crippen LogP contribution in [-0.2, 0) is 11.3 Å². The molecule has 28 heavy (non-hydrogen) atoms. The number of hydrogen-bond donors (Lipinski definition) is 1. The molecule has 1 aliphatic heterocycles. The van der Waals surface area contributed by atoms with Crippen LogP contribution in [0.2, 0.25) is 0 Å². The van der Waals surface area contributed by atoms with E-state index >= 15 is 0 Å². The van der Waals surface area contributed by atoms with Crippen molar-refractivity contribution >= 4 is 11.9 Å². The van der Waals surface area contributed by atoms with Crippen LogP contribution in [0.3, 0.4) is 0 Å². The third-order valence-electron chi connectivity index (χ3n) is 4.84. The number of ether oxygens (including phenoxy) is 3. The molecule has 0 unspecified atom stereocenters. The Kier molecular flexibility index (Phi) is 7.23. The maximum Gasteiger partial charge on any atom is 0.185 e. The summed E-state index contributed by atoms with van der Waals surface area (Å²) in [4.78, 5) is 14.2. The Morgan fingerprint density at radius 3 is 2.68 bits per heavy atom. The van der Waals surface area contributed by atoms with Crippen LogP contribution in [0.25, 0.3) is 6.08 Å². The second-order valence-electron chi connectivity index (χ2n) is 6.73. The summed E-state index contributed by atoms with van der Waals surface area (Å²) in [5, 5.41) is 0. The average molecular weight is 382 g/mol. The second-order valence-corrected chi connectivity index (χ2v) is 6.73. The average Bonchev–Trinajstić information content (AvgIpc) is 2.74. The van der Waals surface area contributed by atoms with E-state index in [0.29, 0.717) is 12.2 Å². The highest BCUT2D eigenvalue weighted by molar-refractivity contribution is 6.07. The highest BCUT2D eigenvalue weighted by Gasteiger charge is 2.18. The summed E-state index contributed by atoms with van der Waals surface area (Å²) in [5.74, 6) is 1.56. The number of methoxy groups -OCH3 is 1. The molecule has 0 amide bonds. The number of morpholine rings is 1. The number of rotatable bonds is 8. The third kappa shape index (κ3) is 5.21. The number of ketones is 1. The summed E-state index contributed by atoms with van der Waals surface area (Å²) in [6, 6.07) is 13.3. The lowest BCUT2D eigenvalue weighted by Gasteiger charge is -2.24. The lowest BCUT2D eigenvalue weighted by molar-refractivity contribution is -0.921. The number of nitrogens with one attached hydrogen (secondary N) is 1. The van der Waals surface area contributed by atoms with Gasteiger partial charge in [0, 0.05) is 16.7 Å². The van der Waals surface area contributed by atoms with Gasteiger partial charge in [0.15, 0.2) is 5.78 Å². The van der Waals surface area contributed by atoms with Gasteiger partial charge >= 0.3 is 0 Å². The molecule has 1 heterocycles. The van der Waals surface area contributed by atoms with Crippen molar-refractivity contribution in [1.82, 2.24) is 0 Å². The lowest BCUT2D eigenvalue weighted by Crippen LogP contribution is -3.12. The molecule has 148 valence electrons. The van der Waals surface area contributed by atoms with E-state index in [2.05, 4.69) is 0 Å². The van der Waals surface area contributed by atoms with Crippen LogP contribution in [0.15, 0.2) is 48.5 Å². The molecule has 0 aromatic heterocycles. The minimum absolute atomic E-state index is 0.0350. The Balaban J connectivity index is 1.77. The standard InChI is InChI=1S/C23H27NO4/c1-3-28-23-7-5-4-6-18(23)8-10-21(25)19-9-11-22(26-2)20(16-19)17-24-12-14-27-15-13-24/h4-11,16H,3,12-15,17H2,1-2H3/p+1/b10-8+. The normalized spacial score (nSPS) is 14.9. The minimum Gasteiger partial charge on any atom is -0.496 e. The summed E-state index contributed by atoms with van der Waals surface area (Å²) >= 11 is 0. The Morgan fingerprint density at radius 1 is 1.14 bits per heavy atom. The number of carbonyl (C=O) groups is 1. The molecule has 1 N–H and O–H groups in total. The van der Waals surface area contributed by atoms with Gasteiger partial charge in [-0.05, 0) is 43.3 Å². The van der Waals surface area contributed by atoms with Crippen molar-refractivity contribution in [3.8, 4) is 11.5 Å². The molecule has 2 aromatic rings. The Bertz CT molecular complexity index is 825. The fourth-order valence-electron chi connectivity index (χ4n) is 3.34. The first-order valence-corrected chi connectivity index (χ1v) is 9.73. The molecule has 5 nitrogen and oxygen atoms in total. The van der Waals surface area contributed by atoms with Crippen LogP contribution in [0, 0.1) is 0 Å². The fraction of sp³-hybridized carbons (Fsp3) is 0.348. The summed E-state index contributed by atoms with van der Waals surface area (Å²) in [6.45, 7) is 6.84. The van der Waals surface area contributed by atoms with Crippen molar-refractivity contribution in [2.75, 3.05) is 40.0 Å². The van der Waals surface area contributed by atoms with Crippen molar-refractivity contribution < 1.29 is 23.9 Å². The van der Waals surface area contributed by atoms with Gasteiger partial charge in [0.05, 0.1) is 26.9 Å². The van der Waals surface area contributed by atoms with Crippen LogP contribution in [0.5, 0.6) is 11.5 Å². The largest absolute Gasteiger partial charge is 0.496 e. The zero-order valence-electron chi connectivity index (χ0n) is 16.6. The van der Waals surface area contributed by atoms with Crippen molar-refractivity contribution in [2.24, 2.45) is 0 Å². The molecule has 2 aromatic carbocycles. The SMILES string of the molecule is CCOc1ccccc1/C=C/C(=O)c1ccc(OC)c(C[NH+]2CCOCC2)c1. The fourth-order valence-corrected chi connectivity index (χ4v) is 3.34. The summed E-state index contributed by atoms with van der Waals surface area (Å²) < 4.78 is 16.6. The van der Waals surface area contributed by atoms with Crippen LogP contribution < -0.4 is 14.4 Å². The topological polar surface area (TPSA) is 49.2 Å². The monoisotopic (exact) mass is 382 g/mol. The molecule has 1 saturated heterocycles. The molecular formula is C23H28NO4+. The summed E-state index contributed by atoms with van der Waals surface area (Å²) in [6.07, 6.45) is 3.41. The third-order valence-corrected chi connectivity index (χ3v) is 4.84. The molecule has 0 radical (unpaired) electrons. The van der Waals surface area contributed by atoms with Crippen molar-refractivity contribution in [3.05, 3.63) is 65.2 Å².